The molecule has 0 radical (unpaired) electrons. The van der Waals surface area contributed by atoms with Gasteiger partial charge in [-0.05, 0) is 35.7 Å². The summed E-state index contributed by atoms with van der Waals surface area (Å²) in [5.41, 5.74) is 2.85. The molecule has 3 aromatic rings. The molecule has 5 heteroatoms. The van der Waals surface area contributed by atoms with Crippen molar-refractivity contribution in [2.24, 2.45) is 0 Å². The Labute approximate surface area is 145 Å². The van der Waals surface area contributed by atoms with Crippen molar-refractivity contribution in [2.45, 2.75) is 18.9 Å². The van der Waals surface area contributed by atoms with Crippen molar-refractivity contribution < 1.29 is 9.90 Å². The van der Waals surface area contributed by atoms with E-state index in [1.165, 1.54) is 0 Å². The fourth-order valence-corrected chi connectivity index (χ4v) is 3.02. The lowest BCUT2D eigenvalue weighted by molar-refractivity contribution is -0.121. The van der Waals surface area contributed by atoms with E-state index in [0.29, 0.717) is 11.4 Å². The third-order valence-corrected chi connectivity index (χ3v) is 4.27. The number of aromatic amines is 1. The van der Waals surface area contributed by atoms with Gasteiger partial charge in [0.05, 0.1) is 12.5 Å². The molecule has 0 spiro atoms. The molecule has 2 aromatic carbocycles. The zero-order chi connectivity index (χ0) is 16.9. The molecule has 0 aliphatic carbocycles. The number of carbonyl (C=O) groups is 1. The number of aliphatic hydroxyl groups is 1. The number of rotatable bonds is 6. The van der Waals surface area contributed by atoms with Gasteiger partial charge in [-0.3, -0.25) is 4.79 Å². The third-order valence-electron chi connectivity index (χ3n) is 4.04. The SMILES string of the molecule is O=C(Cc1c[nH]c2ccc(Cl)cc12)NC(CCO)c1ccccc1. The molecule has 3 rings (SSSR count). The molecule has 0 saturated heterocycles. The van der Waals surface area contributed by atoms with Crippen LogP contribution in [0, 0.1) is 0 Å². The van der Waals surface area contributed by atoms with E-state index < -0.39 is 0 Å². The highest BCUT2D eigenvalue weighted by atomic mass is 35.5. The largest absolute Gasteiger partial charge is 0.396 e. The van der Waals surface area contributed by atoms with E-state index in [9.17, 15) is 9.90 Å². The molecule has 124 valence electrons. The molecule has 0 aliphatic rings. The predicted molar refractivity (Wildman–Crippen MR) is 96.0 cm³/mol. The van der Waals surface area contributed by atoms with Crippen molar-refractivity contribution in [3.05, 3.63) is 70.9 Å². The average Bonchev–Trinajstić information content (AvgIpc) is 2.97. The lowest BCUT2D eigenvalue weighted by Gasteiger charge is -2.18. The molecule has 1 heterocycles. The van der Waals surface area contributed by atoms with E-state index in [2.05, 4.69) is 10.3 Å². The maximum absolute atomic E-state index is 12.5. The molecule has 1 unspecified atom stereocenters. The van der Waals surface area contributed by atoms with Crippen molar-refractivity contribution >= 4 is 28.4 Å². The summed E-state index contributed by atoms with van der Waals surface area (Å²) in [6.07, 6.45) is 2.58. The fourth-order valence-electron chi connectivity index (χ4n) is 2.85. The summed E-state index contributed by atoms with van der Waals surface area (Å²) < 4.78 is 0. The number of fused-ring (bicyclic) bond motifs is 1. The topological polar surface area (TPSA) is 65.1 Å². The number of halogens is 1. The Kier molecular flexibility index (Phi) is 5.18. The molecule has 0 aliphatic heterocycles. The first-order valence-corrected chi connectivity index (χ1v) is 8.26. The van der Waals surface area contributed by atoms with Crippen molar-refractivity contribution in [3.63, 3.8) is 0 Å². The lowest BCUT2D eigenvalue weighted by atomic mass is 10.0. The normalized spacial score (nSPS) is 12.2. The smallest absolute Gasteiger partial charge is 0.224 e. The molecule has 1 aromatic heterocycles. The molecule has 4 nitrogen and oxygen atoms in total. The van der Waals surface area contributed by atoms with Gasteiger partial charge >= 0.3 is 0 Å². The summed E-state index contributed by atoms with van der Waals surface area (Å²) in [6.45, 7) is 0.0164. The van der Waals surface area contributed by atoms with Crippen LogP contribution in [-0.2, 0) is 11.2 Å². The van der Waals surface area contributed by atoms with E-state index in [1.54, 1.807) is 0 Å². The number of aliphatic hydroxyl groups excluding tert-OH is 1. The van der Waals surface area contributed by atoms with Crippen LogP contribution in [0.4, 0.5) is 0 Å². The van der Waals surface area contributed by atoms with Gasteiger partial charge < -0.3 is 15.4 Å². The molecule has 0 bridgehead atoms. The second-order valence-corrected chi connectivity index (χ2v) is 6.16. The number of nitrogens with one attached hydrogen (secondary N) is 2. The Balaban J connectivity index is 1.74. The Bertz CT molecular complexity index is 830. The first kappa shape index (κ1) is 16.6. The Morgan fingerprint density at radius 2 is 2.00 bits per heavy atom. The van der Waals surface area contributed by atoms with Gasteiger partial charge in [-0.2, -0.15) is 0 Å². The number of hydrogen-bond acceptors (Lipinski definition) is 2. The monoisotopic (exact) mass is 342 g/mol. The number of aromatic nitrogens is 1. The highest BCUT2D eigenvalue weighted by Gasteiger charge is 2.15. The molecular formula is C19H19ClN2O2. The summed E-state index contributed by atoms with van der Waals surface area (Å²) >= 11 is 6.05. The van der Waals surface area contributed by atoms with Crippen molar-refractivity contribution in [2.75, 3.05) is 6.61 Å². The maximum atomic E-state index is 12.5. The minimum Gasteiger partial charge on any atom is -0.396 e. The molecule has 1 amide bonds. The van der Waals surface area contributed by atoms with Crippen LogP contribution in [-0.4, -0.2) is 22.6 Å². The van der Waals surface area contributed by atoms with Gasteiger partial charge in [-0.25, -0.2) is 0 Å². The van der Waals surface area contributed by atoms with Crippen LogP contribution in [0.25, 0.3) is 10.9 Å². The number of H-pyrrole nitrogens is 1. The summed E-state index contributed by atoms with van der Waals surface area (Å²) in [5, 5.41) is 13.9. The quantitative estimate of drug-likeness (QED) is 0.640. The van der Waals surface area contributed by atoms with Crippen molar-refractivity contribution in [1.29, 1.82) is 0 Å². The van der Waals surface area contributed by atoms with Gasteiger partial charge in [0.1, 0.15) is 0 Å². The number of hydrogen-bond donors (Lipinski definition) is 3. The Hall–Kier alpha value is -2.30. The van der Waals surface area contributed by atoms with Crippen LogP contribution < -0.4 is 5.32 Å². The van der Waals surface area contributed by atoms with Crippen molar-refractivity contribution in [1.82, 2.24) is 10.3 Å². The minimum atomic E-state index is -0.197. The lowest BCUT2D eigenvalue weighted by Crippen LogP contribution is -2.30. The van der Waals surface area contributed by atoms with E-state index in [1.807, 2.05) is 54.7 Å². The summed E-state index contributed by atoms with van der Waals surface area (Å²) in [5.74, 6) is -0.0850. The molecular weight excluding hydrogens is 324 g/mol. The molecule has 1 atom stereocenters. The van der Waals surface area contributed by atoms with E-state index in [0.717, 1.165) is 22.0 Å². The first-order valence-electron chi connectivity index (χ1n) is 7.88. The molecule has 24 heavy (non-hydrogen) atoms. The van der Waals surface area contributed by atoms with Crippen LogP contribution in [0.3, 0.4) is 0 Å². The van der Waals surface area contributed by atoms with Gasteiger partial charge in [0.2, 0.25) is 5.91 Å². The van der Waals surface area contributed by atoms with E-state index in [-0.39, 0.29) is 25.0 Å². The van der Waals surface area contributed by atoms with Crippen LogP contribution in [0.5, 0.6) is 0 Å². The van der Waals surface area contributed by atoms with Gasteiger partial charge in [-0.15, -0.1) is 0 Å². The number of carbonyl (C=O) groups excluding carboxylic acids is 1. The first-order chi connectivity index (χ1) is 11.7. The van der Waals surface area contributed by atoms with E-state index >= 15 is 0 Å². The van der Waals surface area contributed by atoms with E-state index in [4.69, 9.17) is 11.6 Å². The summed E-state index contributed by atoms with van der Waals surface area (Å²) in [7, 11) is 0. The second kappa shape index (κ2) is 7.51. The Morgan fingerprint density at radius 3 is 2.75 bits per heavy atom. The van der Waals surface area contributed by atoms with Gasteiger partial charge in [0.25, 0.3) is 0 Å². The summed E-state index contributed by atoms with van der Waals surface area (Å²) in [4.78, 5) is 15.6. The highest BCUT2D eigenvalue weighted by Crippen LogP contribution is 2.23. The predicted octanol–water partition coefficient (Wildman–Crippen LogP) is 3.60. The van der Waals surface area contributed by atoms with Crippen molar-refractivity contribution in [3.8, 4) is 0 Å². The maximum Gasteiger partial charge on any atom is 0.224 e. The second-order valence-electron chi connectivity index (χ2n) is 5.72. The highest BCUT2D eigenvalue weighted by molar-refractivity contribution is 6.31. The van der Waals surface area contributed by atoms with Gasteiger partial charge in [0, 0.05) is 28.7 Å². The standard InChI is InChI=1S/C19H19ClN2O2/c20-15-6-7-18-16(11-15)14(12-21-18)10-19(24)22-17(8-9-23)13-4-2-1-3-5-13/h1-7,11-12,17,21,23H,8-10H2,(H,22,24). The van der Waals surface area contributed by atoms with Crippen LogP contribution in [0.15, 0.2) is 54.7 Å². The number of amides is 1. The summed E-state index contributed by atoms with van der Waals surface area (Å²) in [6, 6.07) is 15.1. The van der Waals surface area contributed by atoms with Crippen LogP contribution >= 0.6 is 11.6 Å². The molecule has 3 N–H and O–H groups in total. The number of benzene rings is 2. The minimum absolute atomic E-state index is 0.0164. The fraction of sp³-hybridized carbons (Fsp3) is 0.211. The third kappa shape index (κ3) is 3.78. The zero-order valence-corrected chi connectivity index (χ0v) is 13.9. The average molecular weight is 343 g/mol. The zero-order valence-electron chi connectivity index (χ0n) is 13.1. The van der Waals surface area contributed by atoms with Gasteiger partial charge in [0.15, 0.2) is 0 Å². The molecule has 0 fully saturated rings. The molecule has 0 saturated carbocycles. The van der Waals surface area contributed by atoms with Gasteiger partial charge in [-0.1, -0.05) is 41.9 Å². The Morgan fingerprint density at radius 1 is 1.21 bits per heavy atom. The van der Waals surface area contributed by atoms with Crippen LogP contribution in [0.1, 0.15) is 23.6 Å². The van der Waals surface area contributed by atoms with Crippen LogP contribution in [0.2, 0.25) is 5.02 Å².